The van der Waals surface area contributed by atoms with Crippen molar-refractivity contribution in [2.75, 3.05) is 5.73 Å². The first kappa shape index (κ1) is 8.71. The Hall–Kier alpha value is -1.58. The van der Waals surface area contributed by atoms with Gasteiger partial charge in [-0.2, -0.15) is 0 Å². The zero-order valence-electron chi connectivity index (χ0n) is 8.50. The van der Waals surface area contributed by atoms with Gasteiger partial charge < -0.3 is 10.3 Å². The SMILES string of the molecule is Cc1cc2c(cc1F)nc(N)n2C1CC1. The van der Waals surface area contributed by atoms with Gasteiger partial charge in [0.2, 0.25) is 5.95 Å². The number of halogens is 1. The molecule has 0 bridgehead atoms. The van der Waals surface area contributed by atoms with Gasteiger partial charge in [0.1, 0.15) is 5.82 Å². The lowest BCUT2D eigenvalue weighted by Crippen LogP contribution is -2.00. The average Bonchev–Trinajstić information content (AvgIpc) is 2.93. The van der Waals surface area contributed by atoms with Gasteiger partial charge in [0, 0.05) is 12.1 Å². The van der Waals surface area contributed by atoms with Crippen LogP contribution in [0.25, 0.3) is 11.0 Å². The van der Waals surface area contributed by atoms with E-state index < -0.39 is 0 Å². The molecular formula is C11H12FN3. The summed E-state index contributed by atoms with van der Waals surface area (Å²) in [6.45, 7) is 1.76. The molecule has 4 heteroatoms. The first-order chi connectivity index (χ1) is 7.16. The number of nitrogens with zero attached hydrogens (tertiary/aromatic N) is 2. The maximum absolute atomic E-state index is 13.3. The van der Waals surface area contributed by atoms with E-state index in [4.69, 9.17) is 5.73 Å². The summed E-state index contributed by atoms with van der Waals surface area (Å²) < 4.78 is 15.3. The van der Waals surface area contributed by atoms with Gasteiger partial charge >= 0.3 is 0 Å². The van der Waals surface area contributed by atoms with E-state index in [0.29, 0.717) is 23.1 Å². The summed E-state index contributed by atoms with van der Waals surface area (Å²) in [7, 11) is 0. The fourth-order valence-electron chi connectivity index (χ4n) is 1.96. The third-order valence-electron chi connectivity index (χ3n) is 2.91. The quantitative estimate of drug-likeness (QED) is 0.776. The van der Waals surface area contributed by atoms with Crippen molar-refractivity contribution < 1.29 is 4.39 Å². The molecule has 1 heterocycles. The van der Waals surface area contributed by atoms with Crippen molar-refractivity contribution in [1.82, 2.24) is 9.55 Å². The van der Waals surface area contributed by atoms with E-state index in [-0.39, 0.29) is 5.82 Å². The van der Waals surface area contributed by atoms with Gasteiger partial charge in [0.05, 0.1) is 11.0 Å². The molecule has 3 rings (SSSR count). The molecular weight excluding hydrogens is 193 g/mol. The first-order valence-corrected chi connectivity index (χ1v) is 5.10. The highest BCUT2D eigenvalue weighted by atomic mass is 19.1. The van der Waals surface area contributed by atoms with Crippen LogP contribution in [0.3, 0.4) is 0 Å². The number of hydrogen-bond acceptors (Lipinski definition) is 2. The summed E-state index contributed by atoms with van der Waals surface area (Å²) in [6.07, 6.45) is 2.29. The molecule has 1 aliphatic carbocycles. The molecule has 0 atom stereocenters. The van der Waals surface area contributed by atoms with Crippen molar-refractivity contribution in [2.45, 2.75) is 25.8 Å². The standard InChI is InChI=1S/C11H12FN3/c1-6-4-10-9(5-8(6)12)14-11(13)15(10)7-2-3-7/h4-5,7H,2-3H2,1H3,(H2,13,14). The van der Waals surface area contributed by atoms with Gasteiger partial charge in [0.25, 0.3) is 0 Å². The normalized spacial score (nSPS) is 16.1. The smallest absolute Gasteiger partial charge is 0.201 e. The number of nitrogens with two attached hydrogens (primary N) is 1. The summed E-state index contributed by atoms with van der Waals surface area (Å²) in [6, 6.07) is 3.76. The van der Waals surface area contributed by atoms with Crippen LogP contribution >= 0.6 is 0 Å². The van der Waals surface area contributed by atoms with Crippen molar-refractivity contribution in [1.29, 1.82) is 0 Å². The Bertz CT molecular complexity index is 540. The Labute approximate surface area is 86.7 Å². The number of aryl methyl sites for hydroxylation is 1. The van der Waals surface area contributed by atoms with Crippen LogP contribution in [0.5, 0.6) is 0 Å². The third kappa shape index (κ3) is 1.21. The summed E-state index contributed by atoms with van der Waals surface area (Å²) >= 11 is 0. The maximum atomic E-state index is 13.3. The molecule has 2 N–H and O–H groups in total. The minimum Gasteiger partial charge on any atom is -0.369 e. The van der Waals surface area contributed by atoms with Crippen LogP contribution in [0.4, 0.5) is 10.3 Å². The average molecular weight is 205 g/mol. The summed E-state index contributed by atoms with van der Waals surface area (Å²) in [5.74, 6) is 0.278. The minimum atomic E-state index is -0.219. The molecule has 1 saturated carbocycles. The molecule has 0 saturated heterocycles. The van der Waals surface area contributed by atoms with Crippen molar-refractivity contribution in [3.8, 4) is 0 Å². The van der Waals surface area contributed by atoms with E-state index in [2.05, 4.69) is 4.98 Å². The van der Waals surface area contributed by atoms with Crippen LogP contribution < -0.4 is 5.73 Å². The van der Waals surface area contributed by atoms with Gasteiger partial charge in [-0.3, -0.25) is 0 Å². The molecule has 0 amide bonds. The minimum absolute atomic E-state index is 0.219. The second kappa shape index (κ2) is 2.72. The van der Waals surface area contributed by atoms with E-state index >= 15 is 0 Å². The van der Waals surface area contributed by atoms with E-state index in [1.807, 2.05) is 10.6 Å². The lowest BCUT2D eigenvalue weighted by Gasteiger charge is -2.03. The van der Waals surface area contributed by atoms with Gasteiger partial charge in [-0.15, -0.1) is 0 Å². The number of imidazole rings is 1. The molecule has 0 aliphatic heterocycles. The maximum Gasteiger partial charge on any atom is 0.201 e. The summed E-state index contributed by atoms with van der Waals surface area (Å²) in [5, 5.41) is 0. The molecule has 1 aromatic carbocycles. The zero-order chi connectivity index (χ0) is 10.6. The zero-order valence-corrected chi connectivity index (χ0v) is 8.50. The van der Waals surface area contributed by atoms with Crippen LogP contribution in [0.2, 0.25) is 0 Å². The largest absolute Gasteiger partial charge is 0.369 e. The van der Waals surface area contributed by atoms with Crippen molar-refractivity contribution in [3.63, 3.8) is 0 Å². The first-order valence-electron chi connectivity index (χ1n) is 5.10. The van der Waals surface area contributed by atoms with Crippen LogP contribution in [0.1, 0.15) is 24.4 Å². The number of fused-ring (bicyclic) bond motifs is 1. The number of rotatable bonds is 1. The second-order valence-corrected chi connectivity index (χ2v) is 4.16. The highest BCUT2D eigenvalue weighted by molar-refractivity contribution is 5.79. The van der Waals surface area contributed by atoms with Crippen LogP contribution in [-0.4, -0.2) is 9.55 Å². The number of hydrogen-bond donors (Lipinski definition) is 1. The van der Waals surface area contributed by atoms with E-state index in [1.165, 1.54) is 6.07 Å². The molecule has 2 aromatic rings. The molecule has 0 spiro atoms. The number of nitrogen functional groups attached to an aromatic ring is 1. The summed E-state index contributed by atoms with van der Waals surface area (Å²) in [5.41, 5.74) is 8.07. The highest BCUT2D eigenvalue weighted by Gasteiger charge is 2.27. The number of anilines is 1. The Morgan fingerprint density at radius 3 is 2.87 bits per heavy atom. The van der Waals surface area contributed by atoms with Gasteiger partial charge in [0.15, 0.2) is 0 Å². The van der Waals surface area contributed by atoms with Gasteiger partial charge in [-0.05, 0) is 31.4 Å². The van der Waals surface area contributed by atoms with Crippen LogP contribution in [-0.2, 0) is 0 Å². The lowest BCUT2D eigenvalue weighted by molar-refractivity contribution is 0.620. The molecule has 15 heavy (non-hydrogen) atoms. The molecule has 78 valence electrons. The van der Waals surface area contributed by atoms with E-state index in [9.17, 15) is 4.39 Å². The predicted molar refractivity (Wildman–Crippen MR) is 57.1 cm³/mol. The fourth-order valence-corrected chi connectivity index (χ4v) is 1.96. The summed E-state index contributed by atoms with van der Waals surface area (Å²) in [4.78, 5) is 4.18. The Kier molecular flexibility index (Phi) is 1.58. The molecule has 1 fully saturated rings. The van der Waals surface area contributed by atoms with Crippen molar-refractivity contribution in [3.05, 3.63) is 23.5 Å². The topological polar surface area (TPSA) is 43.8 Å². The molecule has 0 radical (unpaired) electrons. The molecule has 1 aromatic heterocycles. The Morgan fingerprint density at radius 2 is 2.20 bits per heavy atom. The predicted octanol–water partition coefficient (Wildman–Crippen LogP) is 2.40. The second-order valence-electron chi connectivity index (χ2n) is 4.16. The molecule has 3 nitrogen and oxygen atoms in total. The monoisotopic (exact) mass is 205 g/mol. The van der Waals surface area contributed by atoms with E-state index in [1.54, 1.807) is 6.92 Å². The van der Waals surface area contributed by atoms with Gasteiger partial charge in [-0.25, -0.2) is 9.37 Å². The number of benzene rings is 1. The van der Waals surface area contributed by atoms with Crippen molar-refractivity contribution >= 4 is 17.0 Å². The Balaban J connectivity index is 2.34. The Morgan fingerprint density at radius 1 is 1.47 bits per heavy atom. The highest BCUT2D eigenvalue weighted by Crippen LogP contribution is 2.39. The number of aromatic nitrogens is 2. The fraction of sp³-hybridized carbons (Fsp3) is 0.364. The lowest BCUT2D eigenvalue weighted by atomic mass is 10.2. The van der Waals surface area contributed by atoms with Crippen molar-refractivity contribution in [2.24, 2.45) is 0 Å². The van der Waals surface area contributed by atoms with Gasteiger partial charge in [-0.1, -0.05) is 0 Å². The molecule has 0 unspecified atom stereocenters. The third-order valence-corrected chi connectivity index (χ3v) is 2.91. The molecule has 1 aliphatic rings. The van der Waals surface area contributed by atoms with E-state index in [0.717, 1.165) is 18.4 Å². The van der Waals surface area contributed by atoms with Crippen LogP contribution in [0.15, 0.2) is 12.1 Å². The van der Waals surface area contributed by atoms with Crippen LogP contribution in [0, 0.1) is 12.7 Å².